The number of hydrogen-bond donors (Lipinski definition) is 0. The van der Waals surface area contributed by atoms with Crippen molar-refractivity contribution in [1.82, 2.24) is 0 Å². The van der Waals surface area contributed by atoms with E-state index in [4.69, 9.17) is 0 Å². The zero-order chi connectivity index (χ0) is 4.12. The summed E-state index contributed by atoms with van der Waals surface area (Å²) in [5.41, 5.74) is 0. The summed E-state index contributed by atoms with van der Waals surface area (Å²) in [6, 6.07) is 0. The van der Waals surface area contributed by atoms with Crippen LogP contribution in [0.3, 0.4) is 0 Å². The summed E-state index contributed by atoms with van der Waals surface area (Å²) in [7, 11) is 0. The zero-order valence-corrected chi connectivity index (χ0v) is 8.50. The van der Waals surface area contributed by atoms with Crippen LogP contribution >= 0.6 is 0 Å². The van der Waals surface area contributed by atoms with Crippen molar-refractivity contribution in [3.8, 4) is 0 Å². The molecule has 34 valence electrons. The van der Waals surface area contributed by atoms with E-state index < -0.39 is 0 Å². The van der Waals surface area contributed by atoms with Crippen LogP contribution in [-0.2, 0) is 25.8 Å². The van der Waals surface area contributed by atoms with Crippen LogP contribution in [0.4, 0.5) is 0 Å². The molecule has 0 aliphatic carbocycles. The van der Waals surface area contributed by atoms with Crippen LogP contribution in [0.25, 0.3) is 0 Å². The Bertz CT molecular complexity index is 15.0. The van der Waals surface area contributed by atoms with Crippen molar-refractivity contribution in [2.45, 2.75) is 15.7 Å². The molecule has 0 heterocycles. The Morgan fingerprint density at radius 3 is 2.17 bits per heavy atom. The largest absolute Gasteiger partial charge is 0 e. The Hall–Kier alpha value is 1.69. The predicted octanol–water partition coefficient (Wildman–Crippen LogP) is 1.38. The van der Waals surface area contributed by atoms with Gasteiger partial charge in [0.1, 0.15) is 0 Å². The molecular weight excluding hydrogens is 215 g/mol. The molecule has 2 heteroatoms. The molecule has 0 nitrogen and oxygen atoms in total. The van der Waals surface area contributed by atoms with Crippen molar-refractivity contribution in [3.63, 3.8) is 0 Å². The second kappa shape index (κ2) is 9.85. The van der Waals surface area contributed by atoms with Gasteiger partial charge < -0.3 is 0 Å². The van der Waals surface area contributed by atoms with Gasteiger partial charge >= 0.3 is 44.2 Å². The van der Waals surface area contributed by atoms with Gasteiger partial charge in [0.05, 0.1) is 0 Å². The van der Waals surface area contributed by atoms with Gasteiger partial charge in [-0.05, 0) is 0 Å². The minimum absolute atomic E-state index is 0. The van der Waals surface area contributed by atoms with Gasteiger partial charge in [0.15, 0.2) is 0 Å². The van der Waals surface area contributed by atoms with Crippen molar-refractivity contribution < 1.29 is 25.8 Å². The molecule has 0 fully saturated rings. The Labute approximate surface area is 69.4 Å². The molecule has 0 bridgehead atoms. The first-order chi connectivity index (χ1) is 2.41. The first-order valence-corrected chi connectivity index (χ1v) is 6.12. The second-order valence-electron chi connectivity index (χ2n) is 0.893. The monoisotopic (exact) mass is 223 g/mol. The van der Waals surface area contributed by atoms with Crippen molar-refractivity contribution in [1.29, 1.82) is 0 Å². The summed E-state index contributed by atoms with van der Waals surface area (Å²) in [5.74, 6) is 0. The minimum Gasteiger partial charge on any atom is 0 e. The first-order valence-electron chi connectivity index (χ1n) is 1.76. The van der Waals surface area contributed by atoms with E-state index in [2.05, 4.69) is 11.8 Å². The Kier molecular flexibility index (Phi) is 17.4. The van der Waals surface area contributed by atoms with Crippen molar-refractivity contribution in [2.75, 3.05) is 0 Å². The van der Waals surface area contributed by atoms with Gasteiger partial charge in [-0.2, -0.15) is 0 Å². The van der Waals surface area contributed by atoms with Gasteiger partial charge in [0, 0.05) is 25.8 Å². The molecule has 0 saturated carbocycles. The maximum Gasteiger partial charge on any atom is 0 e. The Balaban J connectivity index is 0. The van der Waals surface area contributed by atoms with Crippen LogP contribution in [0.1, 0.15) is 6.42 Å². The van der Waals surface area contributed by atoms with E-state index in [1.54, 1.807) is 0 Å². The van der Waals surface area contributed by atoms with E-state index in [0.717, 1.165) is 6.42 Å². The van der Waals surface area contributed by atoms with E-state index in [1.165, 1.54) is 4.37 Å². The second-order valence-corrected chi connectivity index (χ2v) is 3.97. The van der Waals surface area contributed by atoms with Gasteiger partial charge in [-0.3, -0.25) is 0 Å². The summed E-state index contributed by atoms with van der Waals surface area (Å²) in [6.07, 6.45) is 1.16. The molecule has 0 unspecified atom stereocenters. The molecule has 6 heavy (non-hydrogen) atoms. The molecular formula is C4H9SbSc-. The third-order valence-electron chi connectivity index (χ3n) is 0.382. The average Bonchev–Trinajstić information content (AvgIpc) is 1.41. The van der Waals surface area contributed by atoms with E-state index in [0.29, 0.717) is 0 Å². The third kappa shape index (κ3) is 9.19. The van der Waals surface area contributed by atoms with Gasteiger partial charge in [-0.1, -0.05) is 0 Å². The smallest absolute Gasteiger partial charge is 0 e. The quantitative estimate of drug-likeness (QED) is 0.490. The summed E-state index contributed by atoms with van der Waals surface area (Å²) < 4.78 is 1.43. The van der Waals surface area contributed by atoms with E-state index in [-0.39, 0.29) is 47.5 Å². The predicted molar refractivity (Wildman–Crippen MR) is 26.4 cm³/mol. The van der Waals surface area contributed by atoms with Crippen LogP contribution in [-0.4, -0.2) is 21.6 Å². The normalized spacial score (nSPS) is 7.00. The zero-order valence-electron chi connectivity index (χ0n) is 4.15. The molecule has 0 aliphatic heterocycles. The molecule has 0 aliphatic rings. The maximum atomic E-state index is 3.71. The van der Waals surface area contributed by atoms with Crippen molar-refractivity contribution >= 4 is 21.6 Å². The molecule has 0 atom stereocenters. The molecule has 0 N–H and O–H groups in total. The van der Waals surface area contributed by atoms with Gasteiger partial charge in [-0.25, -0.2) is 0 Å². The molecule has 0 saturated heterocycles. The van der Waals surface area contributed by atoms with Crippen molar-refractivity contribution in [3.05, 3.63) is 6.92 Å². The molecule has 0 amide bonds. The van der Waals surface area contributed by atoms with Gasteiger partial charge in [0.25, 0.3) is 0 Å². The van der Waals surface area contributed by atoms with Gasteiger partial charge in [-0.15, -0.1) is 0 Å². The summed E-state index contributed by atoms with van der Waals surface area (Å²) in [6.45, 7) is 3.71. The van der Waals surface area contributed by atoms with E-state index in [9.17, 15) is 0 Å². The summed E-state index contributed by atoms with van der Waals surface area (Å²) in [4.78, 5) is 2.32. The molecule has 2 radical (unpaired) electrons. The Morgan fingerprint density at radius 1 is 1.67 bits per heavy atom. The van der Waals surface area contributed by atoms with Crippen LogP contribution < -0.4 is 0 Å². The fraction of sp³-hybridized carbons (Fsp3) is 0.750. The van der Waals surface area contributed by atoms with Crippen LogP contribution in [0.2, 0.25) is 9.24 Å². The topological polar surface area (TPSA) is 0 Å². The van der Waals surface area contributed by atoms with E-state index in [1.807, 2.05) is 0 Å². The number of rotatable bonds is 2. The third-order valence-corrected chi connectivity index (χ3v) is 2.56. The van der Waals surface area contributed by atoms with Gasteiger partial charge in [0.2, 0.25) is 0 Å². The standard InChI is InChI=1S/C3H6.CH3.Sb.Sc/c1-3-2;;;/h1-3H2;1H3;;/q-1;;;. The molecule has 0 rings (SSSR count). The first kappa shape index (κ1) is 10.6. The summed E-state index contributed by atoms with van der Waals surface area (Å²) >= 11 is 0.277. The van der Waals surface area contributed by atoms with Crippen LogP contribution in [0.5, 0.6) is 0 Å². The number of hydrogen-bond acceptors (Lipinski definition) is 0. The fourth-order valence-corrected chi connectivity index (χ4v) is 1.06. The molecule has 0 aromatic rings. The fourth-order valence-electron chi connectivity index (χ4n) is 0.158. The maximum absolute atomic E-state index is 3.71. The Morgan fingerprint density at radius 2 is 2.17 bits per heavy atom. The molecule has 0 aromatic carbocycles. The SMILES string of the molecule is [CH2-]C[CH2][Sb][CH3].[Sc]. The van der Waals surface area contributed by atoms with Crippen LogP contribution in [0.15, 0.2) is 0 Å². The molecule has 0 spiro atoms. The average molecular weight is 224 g/mol. The van der Waals surface area contributed by atoms with Crippen molar-refractivity contribution in [2.24, 2.45) is 0 Å². The summed E-state index contributed by atoms with van der Waals surface area (Å²) in [5, 5.41) is 0. The van der Waals surface area contributed by atoms with E-state index >= 15 is 0 Å². The minimum atomic E-state index is 0. The van der Waals surface area contributed by atoms with Crippen LogP contribution in [0, 0.1) is 6.92 Å². The molecule has 0 aromatic heterocycles.